The molecule has 0 radical (unpaired) electrons. The summed E-state index contributed by atoms with van der Waals surface area (Å²) in [5, 5.41) is 12.6. The third kappa shape index (κ3) is 7.72. The molecule has 0 spiro atoms. The molecule has 1 fully saturated rings. The average Bonchev–Trinajstić information content (AvgIpc) is 3.30. The summed E-state index contributed by atoms with van der Waals surface area (Å²) in [6.45, 7) is 14.2. The van der Waals surface area contributed by atoms with Gasteiger partial charge in [-0.1, -0.05) is 22.9 Å². The Labute approximate surface area is 233 Å². The zero-order valence-corrected chi connectivity index (χ0v) is 24.1. The van der Waals surface area contributed by atoms with Crippen molar-refractivity contribution in [3.8, 4) is 11.3 Å². The van der Waals surface area contributed by atoms with Crippen molar-refractivity contribution in [2.75, 3.05) is 37.6 Å². The highest BCUT2D eigenvalue weighted by atomic mass is 35.5. The van der Waals surface area contributed by atoms with Gasteiger partial charge in [-0.2, -0.15) is 0 Å². The van der Waals surface area contributed by atoms with E-state index in [1.807, 2.05) is 72.0 Å². The van der Waals surface area contributed by atoms with Gasteiger partial charge in [0.1, 0.15) is 22.7 Å². The molecule has 4 rings (SSSR count). The first kappa shape index (κ1) is 28.4. The normalized spacial score (nSPS) is 14.4. The maximum absolute atomic E-state index is 12.4. The van der Waals surface area contributed by atoms with Crippen LogP contribution in [0.4, 0.5) is 15.4 Å². The monoisotopic (exact) mass is 557 g/mol. The molecule has 2 amide bonds. The molecule has 1 aliphatic heterocycles. The van der Waals surface area contributed by atoms with Crippen molar-refractivity contribution < 1.29 is 19.1 Å². The lowest BCUT2D eigenvalue weighted by Crippen LogP contribution is -2.50. The van der Waals surface area contributed by atoms with Crippen LogP contribution in [0.25, 0.3) is 22.2 Å². The predicted octanol–water partition coefficient (Wildman–Crippen LogP) is 4.73. The number of halogens is 1. The second-order valence-electron chi connectivity index (χ2n) is 11.5. The zero-order valence-electron chi connectivity index (χ0n) is 23.3. The fraction of sp³-hybridized carbons (Fsp3) is 0.519. The van der Waals surface area contributed by atoms with Crippen LogP contribution in [-0.4, -0.2) is 81.0 Å². The fourth-order valence-electron chi connectivity index (χ4n) is 4.08. The van der Waals surface area contributed by atoms with Gasteiger partial charge in [-0.3, -0.25) is 4.68 Å². The number of amides is 2. The van der Waals surface area contributed by atoms with Crippen molar-refractivity contribution in [2.24, 2.45) is 0 Å². The molecule has 1 aliphatic rings. The van der Waals surface area contributed by atoms with Gasteiger partial charge in [0.05, 0.1) is 23.3 Å². The lowest BCUT2D eigenvalue weighted by molar-refractivity contribution is 0.0240. The summed E-state index contributed by atoms with van der Waals surface area (Å²) in [7, 11) is 0. The molecule has 3 aromatic rings. The van der Waals surface area contributed by atoms with Crippen LogP contribution in [0, 0.1) is 0 Å². The predicted molar refractivity (Wildman–Crippen MR) is 150 cm³/mol. The Balaban J connectivity index is 1.39. The molecule has 210 valence electrons. The number of piperazine rings is 1. The maximum Gasteiger partial charge on any atom is 0.410 e. The topological polar surface area (TPSA) is 115 Å². The number of nitrogens with zero attached hydrogens (tertiary/aromatic N) is 6. The van der Waals surface area contributed by atoms with E-state index in [9.17, 15) is 9.59 Å². The van der Waals surface area contributed by atoms with Crippen LogP contribution in [0.2, 0.25) is 5.02 Å². The Morgan fingerprint density at radius 2 is 1.69 bits per heavy atom. The van der Waals surface area contributed by atoms with Crippen LogP contribution in [0.1, 0.15) is 41.5 Å². The Morgan fingerprint density at radius 3 is 2.36 bits per heavy atom. The number of hydrogen-bond acceptors (Lipinski definition) is 8. The molecule has 12 heteroatoms. The summed E-state index contributed by atoms with van der Waals surface area (Å²) in [4.78, 5) is 32.8. The maximum atomic E-state index is 12.4. The second kappa shape index (κ2) is 11.3. The lowest BCUT2D eigenvalue weighted by atomic mass is 10.1. The number of nitrogens with one attached hydrogen (secondary N) is 1. The number of ether oxygens (including phenoxy) is 2. The van der Waals surface area contributed by atoms with E-state index in [1.54, 1.807) is 9.58 Å². The molecule has 1 aromatic carbocycles. The van der Waals surface area contributed by atoms with Crippen LogP contribution < -0.4 is 10.2 Å². The molecular weight excluding hydrogens is 522 g/mol. The molecule has 0 bridgehead atoms. The molecule has 0 aliphatic carbocycles. The number of rotatable bonds is 5. The van der Waals surface area contributed by atoms with E-state index in [4.69, 9.17) is 26.1 Å². The Hall–Kier alpha value is -3.60. The van der Waals surface area contributed by atoms with Crippen molar-refractivity contribution >= 4 is 40.5 Å². The molecule has 2 aromatic heterocycles. The molecule has 39 heavy (non-hydrogen) atoms. The highest BCUT2D eigenvalue weighted by Crippen LogP contribution is 2.31. The molecule has 1 saturated heterocycles. The zero-order chi connectivity index (χ0) is 28.4. The summed E-state index contributed by atoms with van der Waals surface area (Å²) < 4.78 is 12.4. The Morgan fingerprint density at radius 1 is 1.00 bits per heavy atom. The number of benzene rings is 1. The number of anilines is 1. The largest absolute Gasteiger partial charge is 0.444 e. The molecule has 11 nitrogen and oxygen atoms in total. The van der Waals surface area contributed by atoms with Crippen LogP contribution in [0.3, 0.4) is 0 Å². The number of pyridine rings is 1. The van der Waals surface area contributed by atoms with E-state index in [2.05, 4.69) is 20.5 Å². The van der Waals surface area contributed by atoms with Gasteiger partial charge in [0.15, 0.2) is 0 Å². The second-order valence-corrected chi connectivity index (χ2v) is 11.9. The number of carbonyl (C=O) groups excluding carboxylic acids is 2. The van der Waals surface area contributed by atoms with Gasteiger partial charge in [-0.15, -0.1) is 5.10 Å². The standard InChI is InChI=1S/C27H36ClN7O4/c1-26(2,3)38-24(36)29-9-10-35-17-22(31-32-35)18-7-8-21-19(15-18)16-20(28)23(30-21)33-11-13-34(14-12-33)25(37)39-27(4,5)6/h7-8,15-17H,9-14H2,1-6H3,(H,29,36). The Kier molecular flexibility index (Phi) is 8.20. The van der Waals surface area contributed by atoms with Gasteiger partial charge >= 0.3 is 12.2 Å². The number of hydrogen-bond donors (Lipinski definition) is 1. The number of fused-ring (bicyclic) bond motifs is 1. The molecular formula is C27H36ClN7O4. The van der Waals surface area contributed by atoms with Crippen LogP contribution in [0.5, 0.6) is 0 Å². The van der Waals surface area contributed by atoms with Crippen LogP contribution in [-0.2, 0) is 16.0 Å². The summed E-state index contributed by atoms with van der Waals surface area (Å²) in [6.07, 6.45) is 1.06. The quantitative estimate of drug-likeness (QED) is 0.479. The fourth-order valence-corrected chi connectivity index (χ4v) is 4.35. The van der Waals surface area contributed by atoms with Gasteiger partial charge in [0, 0.05) is 43.7 Å². The highest BCUT2D eigenvalue weighted by molar-refractivity contribution is 6.33. The SMILES string of the molecule is CC(C)(C)OC(=O)NCCn1cc(-c2ccc3nc(N4CCN(C(=O)OC(C)(C)C)CC4)c(Cl)cc3c2)nn1. The summed E-state index contributed by atoms with van der Waals surface area (Å²) in [5.41, 5.74) is 1.32. The number of alkyl carbamates (subject to hydrolysis) is 1. The van der Waals surface area contributed by atoms with Gasteiger partial charge in [0.2, 0.25) is 0 Å². The van der Waals surface area contributed by atoms with Crippen molar-refractivity contribution in [1.29, 1.82) is 0 Å². The molecule has 3 heterocycles. The third-order valence-corrected chi connectivity index (χ3v) is 6.10. The number of aromatic nitrogens is 4. The minimum Gasteiger partial charge on any atom is -0.444 e. The van der Waals surface area contributed by atoms with E-state index in [-0.39, 0.29) is 6.09 Å². The first-order valence-corrected chi connectivity index (χ1v) is 13.4. The van der Waals surface area contributed by atoms with Crippen molar-refractivity contribution in [3.05, 3.63) is 35.5 Å². The van der Waals surface area contributed by atoms with Crippen LogP contribution >= 0.6 is 11.6 Å². The van der Waals surface area contributed by atoms with E-state index in [0.717, 1.165) is 16.5 Å². The summed E-state index contributed by atoms with van der Waals surface area (Å²) >= 11 is 6.66. The lowest BCUT2D eigenvalue weighted by Gasteiger charge is -2.36. The van der Waals surface area contributed by atoms with Crippen molar-refractivity contribution in [2.45, 2.75) is 59.3 Å². The molecule has 0 saturated carbocycles. The van der Waals surface area contributed by atoms with Gasteiger partial charge in [-0.25, -0.2) is 14.6 Å². The summed E-state index contributed by atoms with van der Waals surface area (Å²) in [5.74, 6) is 0.698. The molecule has 0 unspecified atom stereocenters. The van der Waals surface area contributed by atoms with Gasteiger partial charge < -0.3 is 24.6 Å². The minimum absolute atomic E-state index is 0.302. The van der Waals surface area contributed by atoms with E-state index in [0.29, 0.717) is 55.8 Å². The third-order valence-electron chi connectivity index (χ3n) is 5.82. The van der Waals surface area contributed by atoms with E-state index >= 15 is 0 Å². The van der Waals surface area contributed by atoms with Gasteiger partial charge in [0.25, 0.3) is 0 Å². The van der Waals surface area contributed by atoms with Crippen molar-refractivity contribution in [3.63, 3.8) is 0 Å². The van der Waals surface area contributed by atoms with Crippen LogP contribution in [0.15, 0.2) is 30.5 Å². The summed E-state index contributed by atoms with van der Waals surface area (Å²) in [6, 6.07) is 7.76. The number of carbonyl (C=O) groups is 2. The van der Waals surface area contributed by atoms with Gasteiger partial charge in [-0.05, 0) is 59.7 Å². The van der Waals surface area contributed by atoms with E-state index in [1.165, 1.54) is 0 Å². The minimum atomic E-state index is -0.546. The smallest absolute Gasteiger partial charge is 0.410 e. The average molecular weight is 558 g/mol. The molecule has 1 N–H and O–H groups in total. The first-order valence-electron chi connectivity index (χ1n) is 13.0. The highest BCUT2D eigenvalue weighted by Gasteiger charge is 2.27. The Bertz CT molecular complexity index is 1340. The van der Waals surface area contributed by atoms with Crippen molar-refractivity contribution in [1.82, 2.24) is 30.2 Å². The van der Waals surface area contributed by atoms with E-state index < -0.39 is 17.3 Å². The molecule has 0 atom stereocenters. The first-order chi connectivity index (χ1) is 18.3.